The third-order valence-electron chi connectivity index (χ3n) is 7.86. The minimum absolute atomic E-state index is 0.00519. The van der Waals surface area contributed by atoms with Crippen LogP contribution in [-0.4, -0.2) is 51.7 Å². The molecule has 12 heteroatoms. The number of hydrogen-bond acceptors (Lipinski definition) is 5. The number of hydrogen-bond donors (Lipinski definition) is 1. The molecule has 2 aromatic heterocycles. The van der Waals surface area contributed by atoms with Gasteiger partial charge in [-0.05, 0) is 80.6 Å². The molecule has 1 N–H and O–H groups in total. The van der Waals surface area contributed by atoms with Gasteiger partial charge < -0.3 is 5.32 Å². The molecule has 1 aliphatic heterocycles. The van der Waals surface area contributed by atoms with Gasteiger partial charge in [-0.15, -0.1) is 0 Å². The summed E-state index contributed by atoms with van der Waals surface area (Å²) in [6.45, 7) is 3.72. The van der Waals surface area contributed by atoms with Crippen molar-refractivity contribution < 1.29 is 22.2 Å². The molecule has 1 amide bonds. The van der Waals surface area contributed by atoms with Crippen LogP contribution in [0.15, 0.2) is 96.0 Å². The summed E-state index contributed by atoms with van der Waals surface area (Å²) < 4.78 is 45.3. The van der Waals surface area contributed by atoms with E-state index >= 15 is 0 Å². The van der Waals surface area contributed by atoms with Gasteiger partial charge in [-0.2, -0.15) is 0 Å². The zero-order chi connectivity index (χ0) is 32.6. The number of aryl methyl sites for hydroxylation is 1. The number of sulfone groups is 1. The van der Waals surface area contributed by atoms with Gasteiger partial charge in [-0.25, -0.2) is 17.4 Å². The molecular formula is C34H29Cl2FN5O3S+. The molecule has 0 saturated carbocycles. The SMILES string of the molecule is Cc1ccc(S(=O)(=O)C2Cc3c(C(=O)NC(C)c4ccccn4)nn(-c4ccc(Cl)cc4Cl)c3/[N+](=C/c3ccc(F)cc3)C2)cc1. The predicted octanol–water partition coefficient (Wildman–Crippen LogP) is 6.67. The van der Waals surface area contributed by atoms with Gasteiger partial charge in [-0.1, -0.05) is 56.7 Å². The van der Waals surface area contributed by atoms with Crippen LogP contribution < -0.4 is 5.32 Å². The number of halogens is 3. The van der Waals surface area contributed by atoms with Crippen LogP contribution in [0.25, 0.3) is 5.69 Å². The van der Waals surface area contributed by atoms with E-state index in [1.807, 2.05) is 13.0 Å². The highest BCUT2D eigenvalue weighted by molar-refractivity contribution is 7.92. The molecule has 1 aliphatic rings. The van der Waals surface area contributed by atoms with Crippen LogP contribution in [0.4, 0.5) is 10.2 Å². The van der Waals surface area contributed by atoms with Crippen molar-refractivity contribution in [1.29, 1.82) is 0 Å². The maximum absolute atomic E-state index is 14.1. The highest BCUT2D eigenvalue weighted by Gasteiger charge is 2.43. The van der Waals surface area contributed by atoms with E-state index in [1.165, 1.54) is 16.8 Å². The Labute approximate surface area is 276 Å². The summed E-state index contributed by atoms with van der Waals surface area (Å²) in [5.41, 5.74) is 3.10. The number of nitrogens with zero attached hydrogens (tertiary/aromatic N) is 4. The van der Waals surface area contributed by atoms with Crippen molar-refractivity contribution in [3.05, 3.63) is 135 Å². The maximum Gasteiger partial charge on any atom is 0.313 e. The number of carbonyl (C=O) groups excluding carboxylic acids is 1. The first-order chi connectivity index (χ1) is 22.0. The van der Waals surface area contributed by atoms with Gasteiger partial charge in [0, 0.05) is 23.2 Å². The Balaban J connectivity index is 1.54. The summed E-state index contributed by atoms with van der Waals surface area (Å²) in [6.07, 6.45) is 3.36. The third kappa shape index (κ3) is 6.33. The Bertz CT molecular complexity index is 2070. The average Bonchev–Trinajstić information content (AvgIpc) is 3.42. The molecular weight excluding hydrogens is 648 g/mol. The molecule has 0 radical (unpaired) electrons. The van der Waals surface area contributed by atoms with Crippen LogP contribution in [0, 0.1) is 12.7 Å². The lowest BCUT2D eigenvalue weighted by Gasteiger charge is -2.23. The van der Waals surface area contributed by atoms with Crippen molar-refractivity contribution in [2.75, 3.05) is 6.54 Å². The van der Waals surface area contributed by atoms with E-state index in [0.717, 1.165) is 5.56 Å². The van der Waals surface area contributed by atoms with Crippen LogP contribution in [-0.2, 0) is 16.3 Å². The summed E-state index contributed by atoms with van der Waals surface area (Å²) in [5.74, 6) is -0.455. The fourth-order valence-electron chi connectivity index (χ4n) is 5.47. The van der Waals surface area contributed by atoms with Crippen LogP contribution in [0.1, 0.15) is 45.8 Å². The zero-order valence-electron chi connectivity index (χ0n) is 24.9. The summed E-state index contributed by atoms with van der Waals surface area (Å²) >= 11 is 12.9. The Morgan fingerprint density at radius 3 is 2.48 bits per heavy atom. The predicted molar refractivity (Wildman–Crippen MR) is 176 cm³/mol. The van der Waals surface area contributed by atoms with Gasteiger partial charge in [0.1, 0.15) is 17.6 Å². The number of carbonyl (C=O) groups is 1. The molecule has 2 atom stereocenters. The molecule has 46 heavy (non-hydrogen) atoms. The van der Waals surface area contributed by atoms with Gasteiger partial charge in [0.05, 0.1) is 33.4 Å². The molecule has 8 nitrogen and oxygen atoms in total. The highest BCUT2D eigenvalue weighted by Crippen LogP contribution is 2.37. The first-order valence-electron chi connectivity index (χ1n) is 14.5. The highest BCUT2D eigenvalue weighted by atomic mass is 35.5. The lowest BCUT2D eigenvalue weighted by Crippen LogP contribution is -2.38. The molecule has 2 unspecified atom stereocenters. The summed E-state index contributed by atoms with van der Waals surface area (Å²) in [6, 6.07) is 22.4. The summed E-state index contributed by atoms with van der Waals surface area (Å²) in [5, 5.41) is 7.45. The molecule has 0 fully saturated rings. The van der Waals surface area contributed by atoms with E-state index in [1.54, 1.807) is 90.6 Å². The molecule has 6 rings (SSSR count). The minimum atomic E-state index is -3.87. The number of rotatable bonds is 7. The van der Waals surface area contributed by atoms with Gasteiger partial charge in [0.2, 0.25) is 0 Å². The lowest BCUT2D eigenvalue weighted by molar-refractivity contribution is -0.445. The van der Waals surface area contributed by atoms with E-state index < -0.39 is 32.9 Å². The largest absolute Gasteiger partial charge is 0.342 e. The van der Waals surface area contributed by atoms with Crippen LogP contribution in [0.5, 0.6) is 0 Å². The summed E-state index contributed by atoms with van der Waals surface area (Å²) in [7, 11) is -3.87. The number of nitrogens with one attached hydrogen (secondary N) is 1. The number of pyridine rings is 1. The van der Waals surface area contributed by atoms with E-state index in [9.17, 15) is 17.6 Å². The second-order valence-corrected chi connectivity index (χ2v) is 14.2. The molecule has 234 valence electrons. The van der Waals surface area contributed by atoms with Crippen LogP contribution in [0.2, 0.25) is 10.0 Å². The lowest BCUT2D eigenvalue weighted by atomic mass is 10.0. The molecule has 0 saturated heterocycles. The average molecular weight is 678 g/mol. The van der Waals surface area contributed by atoms with E-state index in [-0.39, 0.29) is 28.6 Å². The second kappa shape index (κ2) is 12.8. The van der Waals surface area contributed by atoms with Gasteiger partial charge in [-0.3, -0.25) is 9.78 Å². The maximum atomic E-state index is 14.1. The number of amides is 1. The minimum Gasteiger partial charge on any atom is -0.342 e. The Morgan fingerprint density at radius 1 is 1.07 bits per heavy atom. The monoisotopic (exact) mass is 676 g/mol. The topological polar surface area (TPSA) is 97.0 Å². The smallest absolute Gasteiger partial charge is 0.313 e. The van der Waals surface area contributed by atoms with Crippen molar-refractivity contribution in [3.63, 3.8) is 0 Å². The first-order valence-corrected chi connectivity index (χ1v) is 16.8. The van der Waals surface area contributed by atoms with Crippen LogP contribution >= 0.6 is 23.2 Å². The van der Waals surface area contributed by atoms with Crippen molar-refractivity contribution in [2.45, 2.75) is 36.5 Å². The normalized spacial score (nSPS) is 16.2. The van der Waals surface area contributed by atoms with Gasteiger partial charge >= 0.3 is 5.82 Å². The van der Waals surface area contributed by atoms with Crippen molar-refractivity contribution in [1.82, 2.24) is 20.1 Å². The number of aromatic nitrogens is 3. The first kappa shape index (κ1) is 31.6. The van der Waals surface area contributed by atoms with Gasteiger partial charge in [0.25, 0.3) is 5.91 Å². The van der Waals surface area contributed by atoms with Gasteiger partial charge in [0.15, 0.2) is 21.2 Å². The number of benzene rings is 3. The standard InChI is InChI=1S/C34H28Cl2FN5O3S/c1-21-6-13-26(14-7-21)46(44,45)27-18-28-32(33(43)39-22(2)30-5-3-4-16-38-30)40-42(31-15-10-24(35)17-29(31)36)34(28)41(20-27)19-23-8-11-25(37)12-9-23/h3-17,19,22,27H,18,20H2,1-2H3/p+1/b41-19+. The summed E-state index contributed by atoms with van der Waals surface area (Å²) in [4.78, 5) is 18.5. The zero-order valence-corrected chi connectivity index (χ0v) is 27.2. The van der Waals surface area contributed by atoms with Crippen LogP contribution in [0.3, 0.4) is 0 Å². The fourth-order valence-corrected chi connectivity index (χ4v) is 7.60. The van der Waals surface area contributed by atoms with Crippen molar-refractivity contribution >= 4 is 51.0 Å². The van der Waals surface area contributed by atoms with E-state index in [0.29, 0.717) is 33.3 Å². The second-order valence-electron chi connectivity index (χ2n) is 11.1. The Hall–Kier alpha value is -4.38. The third-order valence-corrected chi connectivity index (χ3v) is 10.5. The molecule has 5 aromatic rings. The molecule has 0 spiro atoms. The Morgan fingerprint density at radius 2 is 1.80 bits per heavy atom. The van der Waals surface area contributed by atoms with Crippen molar-refractivity contribution in [2.24, 2.45) is 0 Å². The molecule has 3 heterocycles. The number of fused-ring (bicyclic) bond motifs is 1. The Kier molecular flexibility index (Phi) is 8.78. The van der Waals surface area contributed by atoms with E-state index in [2.05, 4.69) is 10.3 Å². The fraction of sp³-hybridized carbons (Fsp3) is 0.176. The van der Waals surface area contributed by atoms with Crippen molar-refractivity contribution in [3.8, 4) is 5.69 Å². The molecule has 3 aromatic carbocycles. The molecule has 0 bridgehead atoms. The quantitative estimate of drug-likeness (QED) is 0.194. The molecule has 0 aliphatic carbocycles. The van der Waals surface area contributed by atoms with E-state index in [4.69, 9.17) is 28.3 Å².